The highest BCUT2D eigenvalue weighted by atomic mass is 16.6. The maximum atomic E-state index is 6.20. The summed E-state index contributed by atoms with van der Waals surface area (Å²) in [6.45, 7) is 5.65. The molecule has 17 heavy (non-hydrogen) atoms. The summed E-state index contributed by atoms with van der Waals surface area (Å²) >= 11 is 0. The van der Waals surface area contributed by atoms with Crippen LogP contribution in [0.25, 0.3) is 0 Å². The van der Waals surface area contributed by atoms with Crippen molar-refractivity contribution < 1.29 is 14.0 Å². The molecule has 2 heterocycles. The maximum absolute atomic E-state index is 6.20. The van der Waals surface area contributed by atoms with Gasteiger partial charge < -0.3 is 19.7 Å². The van der Waals surface area contributed by atoms with Gasteiger partial charge in [0.15, 0.2) is 11.9 Å². The van der Waals surface area contributed by atoms with Gasteiger partial charge in [-0.2, -0.15) is 4.98 Å². The van der Waals surface area contributed by atoms with Gasteiger partial charge in [-0.15, -0.1) is 0 Å². The van der Waals surface area contributed by atoms with E-state index in [0.29, 0.717) is 31.5 Å². The minimum absolute atomic E-state index is 0.261. The topological polar surface area (TPSA) is 83.4 Å². The summed E-state index contributed by atoms with van der Waals surface area (Å²) in [6, 6.07) is 0. The quantitative estimate of drug-likeness (QED) is 0.850. The van der Waals surface area contributed by atoms with Gasteiger partial charge in [-0.05, 0) is 12.8 Å². The summed E-state index contributed by atoms with van der Waals surface area (Å²) in [7, 11) is 0. The highest BCUT2D eigenvalue weighted by molar-refractivity contribution is 5.04. The van der Waals surface area contributed by atoms with Crippen LogP contribution in [0.3, 0.4) is 0 Å². The van der Waals surface area contributed by atoms with Crippen LogP contribution in [0.5, 0.6) is 0 Å². The molecule has 1 aromatic rings. The molecule has 2 rings (SSSR count). The molecule has 1 unspecified atom stereocenters. The van der Waals surface area contributed by atoms with Gasteiger partial charge in [0, 0.05) is 0 Å². The van der Waals surface area contributed by atoms with Crippen molar-refractivity contribution in [3.63, 3.8) is 0 Å². The van der Waals surface area contributed by atoms with E-state index in [2.05, 4.69) is 10.1 Å². The van der Waals surface area contributed by atoms with E-state index >= 15 is 0 Å². The van der Waals surface area contributed by atoms with Crippen LogP contribution in [0.2, 0.25) is 0 Å². The molecule has 1 saturated heterocycles. The number of hydrogen-bond acceptors (Lipinski definition) is 6. The molecule has 0 aromatic carbocycles. The highest BCUT2D eigenvalue weighted by Crippen LogP contribution is 2.26. The average molecular weight is 241 g/mol. The molecule has 0 aliphatic carbocycles. The highest BCUT2D eigenvalue weighted by Gasteiger charge is 2.31. The Morgan fingerprint density at radius 3 is 2.71 bits per heavy atom. The Kier molecular flexibility index (Phi) is 3.76. The fourth-order valence-corrected chi connectivity index (χ4v) is 1.76. The van der Waals surface area contributed by atoms with Crippen LogP contribution in [0.4, 0.5) is 0 Å². The van der Waals surface area contributed by atoms with Crippen LogP contribution in [0, 0.1) is 0 Å². The monoisotopic (exact) mass is 241 g/mol. The van der Waals surface area contributed by atoms with Crippen molar-refractivity contribution in [2.75, 3.05) is 19.8 Å². The van der Waals surface area contributed by atoms with Crippen LogP contribution < -0.4 is 5.73 Å². The molecule has 1 fully saturated rings. The van der Waals surface area contributed by atoms with Gasteiger partial charge in [-0.3, -0.25) is 0 Å². The van der Waals surface area contributed by atoms with E-state index in [1.807, 2.05) is 13.8 Å². The Hall–Kier alpha value is -0.980. The van der Waals surface area contributed by atoms with Crippen molar-refractivity contribution in [2.24, 2.45) is 5.73 Å². The minimum Gasteiger partial charge on any atom is -0.376 e. The van der Waals surface area contributed by atoms with Crippen molar-refractivity contribution in [1.82, 2.24) is 10.1 Å². The third kappa shape index (κ3) is 2.48. The van der Waals surface area contributed by atoms with Crippen molar-refractivity contribution in [3.8, 4) is 0 Å². The van der Waals surface area contributed by atoms with Gasteiger partial charge in [-0.1, -0.05) is 19.0 Å². The standard InChI is InChI=1S/C11H19N3O3/c1-3-11(12,4-2)10-13-9(17-14-10)8-7-15-5-6-16-8/h8H,3-7,12H2,1-2H3. The zero-order valence-corrected chi connectivity index (χ0v) is 10.3. The van der Waals surface area contributed by atoms with Gasteiger partial charge in [-0.25, -0.2) is 0 Å². The van der Waals surface area contributed by atoms with Gasteiger partial charge in [0.2, 0.25) is 0 Å². The summed E-state index contributed by atoms with van der Waals surface area (Å²) in [6.07, 6.45) is 1.28. The minimum atomic E-state index is -0.517. The van der Waals surface area contributed by atoms with Crippen LogP contribution in [-0.2, 0) is 15.0 Å². The van der Waals surface area contributed by atoms with Crippen molar-refractivity contribution in [1.29, 1.82) is 0 Å². The first-order valence-electron chi connectivity index (χ1n) is 6.02. The molecule has 6 heteroatoms. The lowest BCUT2D eigenvalue weighted by Gasteiger charge is -2.22. The number of nitrogens with zero attached hydrogens (tertiary/aromatic N) is 2. The Morgan fingerprint density at radius 1 is 1.35 bits per heavy atom. The van der Waals surface area contributed by atoms with E-state index < -0.39 is 5.54 Å². The second-order valence-electron chi connectivity index (χ2n) is 4.25. The molecule has 0 spiro atoms. The first-order valence-corrected chi connectivity index (χ1v) is 6.02. The number of aromatic nitrogens is 2. The normalized spacial score (nSPS) is 21.7. The van der Waals surface area contributed by atoms with Gasteiger partial charge in [0.1, 0.15) is 0 Å². The van der Waals surface area contributed by atoms with Crippen molar-refractivity contribution >= 4 is 0 Å². The second kappa shape index (κ2) is 5.12. The molecule has 0 amide bonds. The zero-order valence-electron chi connectivity index (χ0n) is 10.3. The molecule has 96 valence electrons. The fourth-order valence-electron chi connectivity index (χ4n) is 1.76. The number of ether oxygens (including phenoxy) is 2. The smallest absolute Gasteiger partial charge is 0.258 e. The van der Waals surface area contributed by atoms with E-state index in [1.165, 1.54) is 0 Å². The van der Waals surface area contributed by atoms with E-state index in [1.54, 1.807) is 0 Å². The number of hydrogen-bond donors (Lipinski definition) is 1. The largest absolute Gasteiger partial charge is 0.376 e. The predicted octanol–water partition coefficient (Wildman–Crippen LogP) is 1.13. The molecule has 1 aliphatic rings. The lowest BCUT2D eigenvalue weighted by Crippen LogP contribution is -2.36. The number of rotatable bonds is 4. The molecule has 1 aliphatic heterocycles. The molecular weight excluding hydrogens is 222 g/mol. The Balaban J connectivity index is 2.14. The van der Waals surface area contributed by atoms with Crippen LogP contribution in [0.1, 0.15) is 44.5 Å². The van der Waals surface area contributed by atoms with Crippen molar-refractivity contribution in [3.05, 3.63) is 11.7 Å². The zero-order chi connectivity index (χ0) is 12.3. The summed E-state index contributed by atoms with van der Waals surface area (Å²) < 4.78 is 16.0. The van der Waals surface area contributed by atoms with Gasteiger partial charge in [0.05, 0.1) is 25.4 Å². The Labute approximate surface area is 100 Å². The second-order valence-corrected chi connectivity index (χ2v) is 4.25. The molecule has 1 atom stereocenters. The van der Waals surface area contributed by atoms with E-state index in [0.717, 1.165) is 12.8 Å². The van der Waals surface area contributed by atoms with Gasteiger partial charge >= 0.3 is 0 Å². The van der Waals surface area contributed by atoms with Gasteiger partial charge in [0.25, 0.3) is 5.89 Å². The summed E-state index contributed by atoms with van der Waals surface area (Å²) in [5.74, 6) is 1.00. The first kappa shape index (κ1) is 12.5. The Bertz CT molecular complexity index is 357. The molecule has 1 aromatic heterocycles. The Morgan fingerprint density at radius 2 is 2.12 bits per heavy atom. The van der Waals surface area contributed by atoms with Crippen LogP contribution in [-0.4, -0.2) is 30.0 Å². The molecule has 0 bridgehead atoms. The molecule has 2 N–H and O–H groups in total. The molecule has 6 nitrogen and oxygen atoms in total. The number of nitrogens with two attached hydrogens (primary N) is 1. The summed E-state index contributed by atoms with van der Waals surface area (Å²) in [4.78, 5) is 4.34. The predicted molar refractivity (Wildman–Crippen MR) is 60.3 cm³/mol. The summed E-state index contributed by atoms with van der Waals surface area (Å²) in [5, 5.41) is 3.96. The maximum Gasteiger partial charge on any atom is 0.258 e. The lowest BCUT2D eigenvalue weighted by atomic mass is 9.93. The lowest BCUT2D eigenvalue weighted by molar-refractivity contribution is -0.101. The third-order valence-electron chi connectivity index (χ3n) is 3.24. The van der Waals surface area contributed by atoms with Crippen LogP contribution >= 0.6 is 0 Å². The molecular formula is C11H19N3O3. The molecule has 0 radical (unpaired) electrons. The average Bonchev–Trinajstić information content (AvgIpc) is 2.89. The van der Waals surface area contributed by atoms with Crippen molar-refractivity contribution in [2.45, 2.75) is 38.3 Å². The molecule has 0 saturated carbocycles. The SMILES string of the molecule is CCC(N)(CC)c1noc(C2COCCO2)n1. The van der Waals surface area contributed by atoms with Crippen LogP contribution in [0.15, 0.2) is 4.52 Å². The van der Waals surface area contributed by atoms with E-state index in [-0.39, 0.29) is 6.10 Å². The first-order chi connectivity index (χ1) is 8.19. The fraction of sp³-hybridized carbons (Fsp3) is 0.818. The third-order valence-corrected chi connectivity index (χ3v) is 3.24. The summed E-state index contributed by atoms with van der Waals surface area (Å²) in [5.41, 5.74) is 5.69. The van der Waals surface area contributed by atoms with E-state index in [4.69, 9.17) is 19.7 Å². The van der Waals surface area contributed by atoms with E-state index in [9.17, 15) is 0 Å².